The number of carbonyl (C=O) groups excluding carboxylic acids is 1. The minimum absolute atomic E-state index is 0.193. The highest BCUT2D eigenvalue weighted by atomic mass is 35.5. The highest BCUT2D eigenvalue weighted by molar-refractivity contribution is 6.40. The van der Waals surface area contributed by atoms with Crippen molar-refractivity contribution >= 4 is 34.8 Å². The van der Waals surface area contributed by atoms with Gasteiger partial charge < -0.3 is 10.1 Å². The summed E-state index contributed by atoms with van der Waals surface area (Å²) >= 11 is 12.0. The van der Waals surface area contributed by atoms with Gasteiger partial charge in [-0.2, -0.15) is 0 Å². The summed E-state index contributed by atoms with van der Waals surface area (Å²) in [5, 5.41) is 3.19. The number of ether oxygens (including phenoxy) is 1. The Morgan fingerprint density at radius 1 is 1.12 bits per heavy atom. The lowest BCUT2D eigenvalue weighted by atomic mass is 10.2. The van der Waals surface area contributed by atoms with Gasteiger partial charge in [-0.05, 0) is 48.9 Å². The molecule has 1 N–H and O–H groups in total. The van der Waals surface area contributed by atoms with Crippen molar-refractivity contribution in [3.05, 3.63) is 81.7 Å². The van der Waals surface area contributed by atoms with E-state index in [0.717, 1.165) is 0 Å². The number of hydrogen-bond acceptors (Lipinski definition) is 3. The summed E-state index contributed by atoms with van der Waals surface area (Å²) in [5.41, 5.74) is 1.30. The van der Waals surface area contributed by atoms with Crippen molar-refractivity contribution in [2.75, 3.05) is 5.32 Å². The normalized spacial score (nSPS) is 10.5. The van der Waals surface area contributed by atoms with Crippen LogP contribution < -0.4 is 10.1 Å². The molecular formula is C19H13Cl2FN2O2. The molecule has 0 spiro atoms. The number of halogens is 3. The first kappa shape index (κ1) is 18.2. The summed E-state index contributed by atoms with van der Waals surface area (Å²) in [7, 11) is 0. The number of hydrogen-bond donors (Lipinski definition) is 1. The van der Waals surface area contributed by atoms with Crippen molar-refractivity contribution < 1.29 is 13.9 Å². The standard InChI is InChI=1S/C19H13Cl2FN2O2/c1-11-9-12(22)5-7-16(11)26-17-8-6-13(10-23-17)24-19(25)18-14(20)3-2-4-15(18)21/h2-10H,1H3,(H,24,25). The van der Waals surface area contributed by atoms with Crippen molar-refractivity contribution in [2.45, 2.75) is 6.92 Å². The molecule has 26 heavy (non-hydrogen) atoms. The van der Waals surface area contributed by atoms with Crippen LogP contribution in [0.4, 0.5) is 10.1 Å². The lowest BCUT2D eigenvalue weighted by molar-refractivity contribution is 0.102. The third-order valence-electron chi connectivity index (χ3n) is 3.54. The van der Waals surface area contributed by atoms with E-state index >= 15 is 0 Å². The van der Waals surface area contributed by atoms with Gasteiger partial charge in [0, 0.05) is 6.07 Å². The molecule has 0 aliphatic carbocycles. The zero-order valence-corrected chi connectivity index (χ0v) is 15.1. The molecule has 7 heteroatoms. The monoisotopic (exact) mass is 390 g/mol. The summed E-state index contributed by atoms with van der Waals surface area (Å²) in [5.74, 6) is 0.0385. The van der Waals surface area contributed by atoms with Crippen LogP contribution in [0.15, 0.2) is 54.7 Å². The Hall–Kier alpha value is -2.63. The predicted octanol–water partition coefficient (Wildman–Crippen LogP) is 5.88. The third kappa shape index (κ3) is 4.12. The van der Waals surface area contributed by atoms with E-state index in [2.05, 4.69) is 10.3 Å². The highest BCUT2D eigenvalue weighted by Gasteiger charge is 2.15. The molecule has 1 amide bonds. The third-order valence-corrected chi connectivity index (χ3v) is 4.17. The van der Waals surface area contributed by atoms with E-state index < -0.39 is 5.91 Å². The zero-order chi connectivity index (χ0) is 18.7. The second-order valence-corrected chi connectivity index (χ2v) is 6.26. The molecule has 132 valence electrons. The van der Waals surface area contributed by atoms with E-state index in [9.17, 15) is 9.18 Å². The van der Waals surface area contributed by atoms with E-state index in [-0.39, 0.29) is 21.4 Å². The first-order valence-electron chi connectivity index (χ1n) is 7.59. The van der Waals surface area contributed by atoms with Gasteiger partial charge in [0.05, 0.1) is 27.5 Å². The number of rotatable bonds is 4. The molecule has 0 bridgehead atoms. The van der Waals surface area contributed by atoms with E-state index in [1.807, 2.05) is 0 Å². The molecule has 0 radical (unpaired) electrons. The minimum atomic E-state index is -0.439. The number of nitrogens with one attached hydrogen (secondary N) is 1. The Morgan fingerprint density at radius 2 is 1.85 bits per heavy atom. The first-order valence-corrected chi connectivity index (χ1v) is 8.35. The van der Waals surface area contributed by atoms with Crippen LogP contribution in [0.3, 0.4) is 0 Å². The molecule has 2 aromatic carbocycles. The number of carbonyl (C=O) groups is 1. The molecule has 0 unspecified atom stereocenters. The summed E-state index contributed by atoms with van der Waals surface area (Å²) in [6.07, 6.45) is 1.44. The number of aryl methyl sites for hydroxylation is 1. The number of benzene rings is 2. The maximum absolute atomic E-state index is 13.1. The van der Waals surface area contributed by atoms with Crippen LogP contribution >= 0.6 is 23.2 Å². The van der Waals surface area contributed by atoms with Crippen molar-refractivity contribution in [3.63, 3.8) is 0 Å². The van der Waals surface area contributed by atoms with Gasteiger partial charge in [-0.15, -0.1) is 0 Å². The fourth-order valence-corrected chi connectivity index (χ4v) is 2.83. The highest BCUT2D eigenvalue weighted by Crippen LogP contribution is 2.27. The smallest absolute Gasteiger partial charge is 0.258 e. The Morgan fingerprint density at radius 3 is 2.46 bits per heavy atom. The van der Waals surface area contributed by atoms with E-state index in [0.29, 0.717) is 22.9 Å². The Balaban J connectivity index is 1.72. The van der Waals surface area contributed by atoms with Crippen LogP contribution in [0.1, 0.15) is 15.9 Å². The van der Waals surface area contributed by atoms with Gasteiger partial charge in [0.2, 0.25) is 5.88 Å². The van der Waals surface area contributed by atoms with Gasteiger partial charge in [-0.1, -0.05) is 29.3 Å². The fraction of sp³-hybridized carbons (Fsp3) is 0.0526. The summed E-state index contributed by atoms with van der Waals surface area (Å²) in [4.78, 5) is 16.5. The molecule has 1 heterocycles. The molecule has 0 fully saturated rings. The minimum Gasteiger partial charge on any atom is -0.439 e. The molecule has 1 aromatic heterocycles. The first-order chi connectivity index (χ1) is 12.4. The van der Waals surface area contributed by atoms with Crippen LogP contribution in [0.2, 0.25) is 10.0 Å². The second kappa shape index (κ2) is 7.72. The quantitative estimate of drug-likeness (QED) is 0.604. The molecule has 4 nitrogen and oxygen atoms in total. The Kier molecular flexibility index (Phi) is 5.40. The van der Waals surface area contributed by atoms with Gasteiger partial charge in [0.25, 0.3) is 5.91 Å². The molecule has 0 aliphatic heterocycles. The van der Waals surface area contributed by atoms with Crippen molar-refractivity contribution in [3.8, 4) is 11.6 Å². The topological polar surface area (TPSA) is 51.2 Å². The SMILES string of the molecule is Cc1cc(F)ccc1Oc1ccc(NC(=O)c2c(Cl)cccc2Cl)cn1. The van der Waals surface area contributed by atoms with E-state index in [4.69, 9.17) is 27.9 Å². The number of anilines is 1. The van der Waals surface area contributed by atoms with Crippen LogP contribution in [0.5, 0.6) is 11.6 Å². The average Bonchev–Trinajstić information content (AvgIpc) is 2.59. The zero-order valence-electron chi connectivity index (χ0n) is 13.6. The molecule has 0 saturated carbocycles. The molecule has 0 aliphatic rings. The van der Waals surface area contributed by atoms with Gasteiger partial charge in [-0.3, -0.25) is 4.79 Å². The van der Waals surface area contributed by atoms with E-state index in [1.165, 1.54) is 24.4 Å². The number of nitrogens with zero attached hydrogens (tertiary/aromatic N) is 1. The molecule has 0 atom stereocenters. The number of amides is 1. The summed E-state index contributed by atoms with van der Waals surface area (Å²) < 4.78 is 18.7. The molecular weight excluding hydrogens is 378 g/mol. The van der Waals surface area contributed by atoms with Crippen LogP contribution in [0, 0.1) is 12.7 Å². The van der Waals surface area contributed by atoms with Gasteiger partial charge >= 0.3 is 0 Å². The summed E-state index contributed by atoms with van der Waals surface area (Å²) in [6.45, 7) is 1.74. The second-order valence-electron chi connectivity index (χ2n) is 5.45. The number of pyridine rings is 1. The van der Waals surface area contributed by atoms with Gasteiger partial charge in [0.1, 0.15) is 11.6 Å². The van der Waals surface area contributed by atoms with Crippen molar-refractivity contribution in [1.82, 2.24) is 4.98 Å². The molecule has 3 aromatic rings. The van der Waals surface area contributed by atoms with E-state index in [1.54, 1.807) is 37.3 Å². The van der Waals surface area contributed by atoms with Crippen molar-refractivity contribution in [1.29, 1.82) is 0 Å². The van der Waals surface area contributed by atoms with Crippen molar-refractivity contribution in [2.24, 2.45) is 0 Å². The maximum atomic E-state index is 13.1. The molecule has 3 rings (SSSR count). The van der Waals surface area contributed by atoms with Crippen LogP contribution in [0.25, 0.3) is 0 Å². The number of aromatic nitrogens is 1. The fourth-order valence-electron chi connectivity index (χ4n) is 2.26. The van der Waals surface area contributed by atoms with Crippen LogP contribution in [-0.4, -0.2) is 10.9 Å². The lowest BCUT2D eigenvalue weighted by Gasteiger charge is -2.10. The lowest BCUT2D eigenvalue weighted by Crippen LogP contribution is -2.13. The maximum Gasteiger partial charge on any atom is 0.258 e. The predicted molar refractivity (Wildman–Crippen MR) is 99.9 cm³/mol. The summed E-state index contributed by atoms with van der Waals surface area (Å²) in [6, 6.07) is 12.3. The van der Waals surface area contributed by atoms with Gasteiger partial charge in [0.15, 0.2) is 0 Å². The van der Waals surface area contributed by atoms with Gasteiger partial charge in [-0.25, -0.2) is 9.37 Å². The van der Waals surface area contributed by atoms with Crippen LogP contribution in [-0.2, 0) is 0 Å². The Labute approximate surface area is 159 Å². The Bertz CT molecular complexity index is 942. The largest absolute Gasteiger partial charge is 0.439 e. The molecule has 0 saturated heterocycles. The average molecular weight is 391 g/mol.